The molecule has 0 aliphatic carbocycles. The Bertz CT molecular complexity index is 307. The molecule has 0 spiro atoms. The first-order chi connectivity index (χ1) is 8.34. The summed E-state index contributed by atoms with van der Waals surface area (Å²) in [6, 6.07) is 5.46. The van der Waals surface area contributed by atoms with Gasteiger partial charge in [-0.05, 0) is 12.8 Å². The molecule has 0 N–H and O–H groups in total. The first-order valence-corrected chi connectivity index (χ1v) is 7.27. The van der Waals surface area contributed by atoms with Crippen molar-refractivity contribution in [1.82, 2.24) is 0 Å². The van der Waals surface area contributed by atoms with Crippen molar-refractivity contribution in [1.29, 1.82) is 0 Å². The number of pyridine rings is 1. The average molecular weight is 302 g/mol. The van der Waals surface area contributed by atoms with Gasteiger partial charge in [0, 0.05) is 24.1 Å². The molecule has 1 heterocycles. The molecule has 0 aliphatic heterocycles. The molecule has 96 valence electrons. The van der Waals surface area contributed by atoms with Crippen molar-refractivity contribution in [3.63, 3.8) is 0 Å². The van der Waals surface area contributed by atoms with E-state index < -0.39 is 0 Å². The Morgan fingerprint density at radius 3 is 2.71 bits per heavy atom. The molecule has 1 aromatic rings. The normalized spacial score (nSPS) is 10.6. The number of halogens is 1. The molecule has 0 amide bonds. The summed E-state index contributed by atoms with van der Waals surface area (Å²) in [6.07, 6.45) is 7.03. The summed E-state index contributed by atoms with van der Waals surface area (Å²) in [7, 11) is 0. The molecule has 17 heavy (non-hydrogen) atoms. The Balaban J connectivity index is 1.99. The maximum Gasteiger partial charge on any atom is 0.195 e. The maximum atomic E-state index is 11.3. The Morgan fingerprint density at radius 2 is 1.94 bits per heavy atom. The van der Waals surface area contributed by atoms with Gasteiger partial charge in [-0.15, -0.1) is 0 Å². The fraction of sp³-hybridized carbons (Fsp3) is 0.615. The average Bonchev–Trinajstić information content (AvgIpc) is 2.35. The fourth-order valence-electron chi connectivity index (χ4n) is 1.59. The minimum absolute atomic E-state index is 0.630. The van der Waals surface area contributed by atoms with E-state index >= 15 is 0 Å². The lowest BCUT2D eigenvalue weighted by atomic mass is 10.2. The Morgan fingerprint density at radius 1 is 1.12 bits per heavy atom. The molecule has 0 bridgehead atoms. The van der Waals surface area contributed by atoms with Crippen LogP contribution >= 0.6 is 15.9 Å². The van der Waals surface area contributed by atoms with Gasteiger partial charge in [0.05, 0.1) is 13.0 Å². The van der Waals surface area contributed by atoms with Crippen LogP contribution in [0.4, 0.5) is 0 Å². The van der Waals surface area contributed by atoms with E-state index in [0.29, 0.717) is 13.0 Å². The van der Waals surface area contributed by atoms with E-state index in [1.807, 2.05) is 12.1 Å². The van der Waals surface area contributed by atoms with Crippen molar-refractivity contribution in [3.05, 3.63) is 35.3 Å². The van der Waals surface area contributed by atoms with E-state index in [1.165, 1.54) is 25.5 Å². The van der Waals surface area contributed by atoms with E-state index in [9.17, 15) is 5.21 Å². The lowest BCUT2D eigenvalue weighted by Crippen LogP contribution is -2.31. The van der Waals surface area contributed by atoms with Gasteiger partial charge in [0.1, 0.15) is 0 Å². The van der Waals surface area contributed by atoms with Crippen molar-refractivity contribution < 1.29 is 9.47 Å². The summed E-state index contributed by atoms with van der Waals surface area (Å²) in [5.41, 5.74) is 0.770. The molecule has 1 aromatic heterocycles. The number of hydrogen-bond donors (Lipinski definition) is 0. The summed E-state index contributed by atoms with van der Waals surface area (Å²) < 4.78 is 6.41. The summed E-state index contributed by atoms with van der Waals surface area (Å²) >= 11 is 3.41. The molecule has 1 rings (SSSR count). The molecule has 0 atom stereocenters. The van der Waals surface area contributed by atoms with Crippen molar-refractivity contribution in [2.45, 2.75) is 32.1 Å². The fourth-order valence-corrected chi connectivity index (χ4v) is 1.98. The third-order valence-electron chi connectivity index (χ3n) is 2.58. The van der Waals surface area contributed by atoms with E-state index in [1.54, 1.807) is 6.07 Å². The second-order valence-corrected chi connectivity index (χ2v) is 4.78. The van der Waals surface area contributed by atoms with Gasteiger partial charge in [0.15, 0.2) is 11.9 Å². The monoisotopic (exact) mass is 301 g/mol. The molecule has 3 nitrogen and oxygen atoms in total. The highest BCUT2D eigenvalue weighted by Crippen LogP contribution is 2.02. The summed E-state index contributed by atoms with van der Waals surface area (Å²) in [4.78, 5) is 0. The number of hydrogen-bond acceptors (Lipinski definition) is 2. The largest absolute Gasteiger partial charge is 0.619 e. The minimum atomic E-state index is 0.630. The smallest absolute Gasteiger partial charge is 0.195 e. The first-order valence-electron chi connectivity index (χ1n) is 6.15. The molecule has 0 unspecified atom stereocenters. The van der Waals surface area contributed by atoms with Crippen LogP contribution in [0.15, 0.2) is 24.4 Å². The van der Waals surface area contributed by atoms with Crippen molar-refractivity contribution in [3.8, 4) is 0 Å². The highest BCUT2D eigenvalue weighted by Gasteiger charge is 2.02. The number of aromatic nitrogens is 1. The van der Waals surface area contributed by atoms with Gasteiger partial charge in [0.25, 0.3) is 0 Å². The number of ether oxygens (including phenoxy) is 1. The zero-order chi connectivity index (χ0) is 12.3. The Hall–Kier alpha value is -0.610. The third-order valence-corrected chi connectivity index (χ3v) is 3.14. The maximum absolute atomic E-state index is 11.3. The summed E-state index contributed by atoms with van der Waals surface area (Å²) in [5.74, 6) is 0. The molecular weight excluding hydrogens is 282 g/mol. The third kappa shape index (κ3) is 6.64. The van der Waals surface area contributed by atoms with Crippen LogP contribution in [0.2, 0.25) is 0 Å². The summed E-state index contributed by atoms with van der Waals surface area (Å²) in [6.45, 7) is 1.43. The highest BCUT2D eigenvalue weighted by molar-refractivity contribution is 9.09. The van der Waals surface area contributed by atoms with E-state index in [-0.39, 0.29) is 0 Å². The lowest BCUT2D eigenvalue weighted by molar-refractivity contribution is -0.614. The lowest BCUT2D eigenvalue weighted by Gasteiger charge is -2.05. The van der Waals surface area contributed by atoms with Crippen LogP contribution in [-0.4, -0.2) is 18.5 Å². The molecule has 4 heteroatoms. The van der Waals surface area contributed by atoms with E-state index in [4.69, 9.17) is 4.74 Å². The molecule has 0 aliphatic rings. The van der Waals surface area contributed by atoms with Gasteiger partial charge in [-0.3, -0.25) is 0 Å². The second kappa shape index (κ2) is 9.42. The van der Waals surface area contributed by atoms with Crippen LogP contribution in [0.1, 0.15) is 31.4 Å². The van der Waals surface area contributed by atoms with Gasteiger partial charge in [-0.1, -0.05) is 34.8 Å². The van der Waals surface area contributed by atoms with Crippen LogP contribution in [0.3, 0.4) is 0 Å². The quantitative estimate of drug-likeness (QED) is 0.304. The molecule has 0 fully saturated rings. The van der Waals surface area contributed by atoms with Crippen LogP contribution < -0.4 is 4.73 Å². The van der Waals surface area contributed by atoms with Gasteiger partial charge >= 0.3 is 0 Å². The minimum Gasteiger partial charge on any atom is -0.619 e. The molecule has 0 saturated heterocycles. The van der Waals surface area contributed by atoms with Crippen LogP contribution in [0.5, 0.6) is 0 Å². The topological polar surface area (TPSA) is 36.2 Å². The Kier molecular flexibility index (Phi) is 8.01. The number of unbranched alkanes of at least 4 members (excludes halogenated alkanes) is 3. The van der Waals surface area contributed by atoms with Gasteiger partial charge in [0.2, 0.25) is 0 Å². The van der Waals surface area contributed by atoms with Gasteiger partial charge < -0.3 is 9.94 Å². The zero-order valence-electron chi connectivity index (χ0n) is 10.1. The van der Waals surface area contributed by atoms with E-state index in [0.717, 1.165) is 28.8 Å². The standard InChI is InChI=1S/C13H20BrNO2/c14-9-4-1-2-6-11-17-12-8-13-7-3-5-10-15(13)16/h3,5,7,10H,1-2,4,6,8-9,11-12H2. The number of alkyl halides is 1. The summed E-state index contributed by atoms with van der Waals surface area (Å²) in [5, 5.41) is 12.4. The Labute approximate surface area is 112 Å². The van der Waals surface area contributed by atoms with Gasteiger partial charge in [-0.2, -0.15) is 4.73 Å². The van der Waals surface area contributed by atoms with Gasteiger partial charge in [-0.25, -0.2) is 0 Å². The second-order valence-electron chi connectivity index (χ2n) is 3.98. The van der Waals surface area contributed by atoms with Crippen LogP contribution in [-0.2, 0) is 11.2 Å². The zero-order valence-corrected chi connectivity index (χ0v) is 11.7. The predicted molar refractivity (Wildman–Crippen MR) is 72.2 cm³/mol. The van der Waals surface area contributed by atoms with Crippen LogP contribution in [0, 0.1) is 5.21 Å². The molecule has 0 radical (unpaired) electrons. The molecular formula is C13H20BrNO2. The highest BCUT2D eigenvalue weighted by atomic mass is 79.9. The van der Waals surface area contributed by atoms with Crippen molar-refractivity contribution in [2.75, 3.05) is 18.5 Å². The first kappa shape index (κ1) is 14.5. The number of nitrogens with zero attached hydrogens (tertiary/aromatic N) is 1. The van der Waals surface area contributed by atoms with E-state index in [2.05, 4.69) is 15.9 Å². The van der Waals surface area contributed by atoms with Crippen LogP contribution in [0.25, 0.3) is 0 Å². The SMILES string of the molecule is [O-][n+]1ccccc1CCOCCCCCCBr. The molecule has 0 saturated carbocycles. The van der Waals surface area contributed by atoms with Crippen molar-refractivity contribution in [2.24, 2.45) is 0 Å². The van der Waals surface area contributed by atoms with Crippen molar-refractivity contribution >= 4 is 15.9 Å². The predicted octanol–water partition coefficient (Wildman–Crippen LogP) is 2.83. The molecule has 0 aromatic carbocycles. The number of rotatable bonds is 9.